The molecule has 0 aromatic carbocycles. The van der Waals surface area contributed by atoms with Gasteiger partial charge in [0.25, 0.3) is 5.91 Å². The first-order chi connectivity index (χ1) is 8.25. The number of aryl methyl sites for hydroxylation is 1. The van der Waals surface area contributed by atoms with Gasteiger partial charge in [0, 0.05) is 18.1 Å². The smallest absolute Gasteiger partial charge is 0.272 e. The van der Waals surface area contributed by atoms with Crippen molar-refractivity contribution in [1.29, 1.82) is 0 Å². The second kappa shape index (κ2) is 5.07. The van der Waals surface area contributed by atoms with Gasteiger partial charge in [0.15, 0.2) is 0 Å². The van der Waals surface area contributed by atoms with E-state index in [1.165, 1.54) is 6.20 Å². The molecule has 86 valence electrons. The second-order valence-electron chi connectivity index (χ2n) is 3.51. The lowest BCUT2D eigenvalue weighted by molar-refractivity contribution is 0.0955. The number of aromatic nitrogens is 2. The van der Waals surface area contributed by atoms with Gasteiger partial charge in [0.1, 0.15) is 0 Å². The molecule has 0 atom stereocenters. The van der Waals surface area contributed by atoms with Gasteiger partial charge in [-0.25, -0.2) is 5.43 Å². The largest absolute Gasteiger partial charge is 0.360 e. The van der Waals surface area contributed by atoms with Crippen LogP contribution in [0.25, 0.3) is 0 Å². The van der Waals surface area contributed by atoms with E-state index >= 15 is 0 Å². The van der Waals surface area contributed by atoms with Crippen LogP contribution in [0.5, 0.6) is 0 Å². The average molecular weight is 228 g/mol. The molecule has 0 aliphatic heterocycles. The third kappa shape index (κ3) is 3.01. The first kappa shape index (κ1) is 11.1. The SMILES string of the molecule is Cc1ccc(C(=O)N/N=C/c2ccc[nH]2)cn1. The zero-order valence-electron chi connectivity index (χ0n) is 9.34. The topological polar surface area (TPSA) is 70.1 Å². The molecular weight excluding hydrogens is 216 g/mol. The number of hydrogen-bond donors (Lipinski definition) is 2. The molecule has 1 amide bonds. The summed E-state index contributed by atoms with van der Waals surface area (Å²) in [6.45, 7) is 1.87. The number of nitrogens with one attached hydrogen (secondary N) is 2. The molecular formula is C12H12N4O. The number of hydrazone groups is 1. The number of carbonyl (C=O) groups excluding carboxylic acids is 1. The molecule has 0 saturated carbocycles. The van der Waals surface area contributed by atoms with Gasteiger partial charge >= 0.3 is 0 Å². The van der Waals surface area contributed by atoms with Gasteiger partial charge in [0.05, 0.1) is 17.5 Å². The molecule has 17 heavy (non-hydrogen) atoms. The molecule has 2 aromatic rings. The van der Waals surface area contributed by atoms with E-state index in [9.17, 15) is 4.79 Å². The Hall–Kier alpha value is -2.43. The van der Waals surface area contributed by atoms with Crippen LogP contribution in [0.4, 0.5) is 0 Å². The fraction of sp³-hybridized carbons (Fsp3) is 0.0833. The van der Waals surface area contributed by atoms with Gasteiger partial charge in [-0.3, -0.25) is 9.78 Å². The summed E-state index contributed by atoms with van der Waals surface area (Å²) in [4.78, 5) is 18.6. The van der Waals surface area contributed by atoms with E-state index in [1.54, 1.807) is 24.5 Å². The molecule has 0 saturated heterocycles. The lowest BCUT2D eigenvalue weighted by atomic mass is 10.2. The van der Waals surface area contributed by atoms with Crippen molar-refractivity contribution in [1.82, 2.24) is 15.4 Å². The molecule has 0 fully saturated rings. The standard InChI is InChI=1S/C12H12N4O/c1-9-4-5-10(7-14-9)12(17)16-15-8-11-3-2-6-13-11/h2-8,13H,1H3,(H,16,17)/b15-8+. The molecule has 0 bridgehead atoms. The summed E-state index contributed by atoms with van der Waals surface area (Å²) < 4.78 is 0. The molecule has 2 aromatic heterocycles. The molecule has 0 unspecified atom stereocenters. The van der Waals surface area contributed by atoms with Crippen molar-refractivity contribution in [3.05, 3.63) is 53.6 Å². The normalized spacial score (nSPS) is 10.6. The summed E-state index contributed by atoms with van der Waals surface area (Å²) in [5, 5.41) is 3.83. The van der Waals surface area contributed by atoms with Crippen molar-refractivity contribution in [3.8, 4) is 0 Å². The minimum absolute atomic E-state index is 0.277. The summed E-state index contributed by atoms with van der Waals surface area (Å²) in [7, 11) is 0. The number of amides is 1. The van der Waals surface area contributed by atoms with E-state index in [0.717, 1.165) is 11.4 Å². The van der Waals surface area contributed by atoms with E-state index in [0.29, 0.717) is 5.56 Å². The molecule has 2 heterocycles. The average Bonchev–Trinajstić information content (AvgIpc) is 2.83. The highest BCUT2D eigenvalue weighted by molar-refractivity contribution is 5.94. The van der Waals surface area contributed by atoms with Crippen LogP contribution in [-0.4, -0.2) is 22.1 Å². The van der Waals surface area contributed by atoms with E-state index in [4.69, 9.17) is 0 Å². The maximum absolute atomic E-state index is 11.6. The van der Waals surface area contributed by atoms with E-state index < -0.39 is 0 Å². The van der Waals surface area contributed by atoms with E-state index in [2.05, 4.69) is 20.5 Å². The van der Waals surface area contributed by atoms with Crippen LogP contribution in [0.3, 0.4) is 0 Å². The predicted molar refractivity (Wildman–Crippen MR) is 64.8 cm³/mol. The summed E-state index contributed by atoms with van der Waals surface area (Å²) >= 11 is 0. The Morgan fingerprint density at radius 2 is 2.35 bits per heavy atom. The van der Waals surface area contributed by atoms with Crippen LogP contribution < -0.4 is 5.43 Å². The molecule has 0 radical (unpaired) electrons. The number of rotatable bonds is 3. The Balaban J connectivity index is 1.96. The summed E-state index contributed by atoms with van der Waals surface area (Å²) in [6, 6.07) is 7.20. The van der Waals surface area contributed by atoms with Gasteiger partial charge in [-0.15, -0.1) is 0 Å². The van der Waals surface area contributed by atoms with Crippen LogP contribution in [0, 0.1) is 6.92 Å². The lowest BCUT2D eigenvalue weighted by Crippen LogP contribution is -2.17. The molecule has 0 aliphatic carbocycles. The molecule has 0 aliphatic rings. The molecule has 2 N–H and O–H groups in total. The van der Waals surface area contributed by atoms with Crippen LogP contribution in [0.15, 0.2) is 41.8 Å². The minimum Gasteiger partial charge on any atom is -0.360 e. The highest BCUT2D eigenvalue weighted by atomic mass is 16.2. The van der Waals surface area contributed by atoms with Crippen molar-refractivity contribution >= 4 is 12.1 Å². The van der Waals surface area contributed by atoms with Gasteiger partial charge in [0.2, 0.25) is 0 Å². The summed E-state index contributed by atoms with van der Waals surface area (Å²) in [5.41, 5.74) is 4.61. The Kier molecular flexibility index (Phi) is 3.30. The van der Waals surface area contributed by atoms with Crippen molar-refractivity contribution in [2.75, 3.05) is 0 Å². The Bertz CT molecular complexity index is 514. The Morgan fingerprint density at radius 3 is 3.00 bits per heavy atom. The van der Waals surface area contributed by atoms with Gasteiger partial charge < -0.3 is 4.98 Å². The Morgan fingerprint density at radius 1 is 1.47 bits per heavy atom. The fourth-order valence-corrected chi connectivity index (χ4v) is 1.25. The lowest BCUT2D eigenvalue weighted by Gasteiger charge is -1.99. The number of carbonyl (C=O) groups is 1. The monoisotopic (exact) mass is 228 g/mol. The van der Waals surface area contributed by atoms with Gasteiger partial charge in [-0.1, -0.05) is 0 Å². The van der Waals surface area contributed by atoms with Crippen molar-refractivity contribution in [2.24, 2.45) is 5.10 Å². The number of hydrogen-bond acceptors (Lipinski definition) is 3. The summed E-state index contributed by atoms with van der Waals surface area (Å²) in [6.07, 6.45) is 4.85. The summed E-state index contributed by atoms with van der Waals surface area (Å²) in [5.74, 6) is -0.277. The highest BCUT2D eigenvalue weighted by Gasteiger charge is 2.03. The van der Waals surface area contributed by atoms with Gasteiger partial charge in [-0.05, 0) is 31.2 Å². The van der Waals surface area contributed by atoms with Gasteiger partial charge in [-0.2, -0.15) is 5.10 Å². The van der Waals surface area contributed by atoms with E-state index in [-0.39, 0.29) is 5.91 Å². The third-order valence-electron chi connectivity index (χ3n) is 2.17. The number of pyridine rings is 1. The number of aromatic amines is 1. The van der Waals surface area contributed by atoms with Crippen molar-refractivity contribution in [2.45, 2.75) is 6.92 Å². The molecule has 5 heteroatoms. The number of nitrogens with zero attached hydrogens (tertiary/aromatic N) is 2. The predicted octanol–water partition coefficient (Wildman–Crippen LogP) is 1.48. The third-order valence-corrected chi connectivity index (χ3v) is 2.17. The fourth-order valence-electron chi connectivity index (χ4n) is 1.25. The van der Waals surface area contributed by atoms with Crippen molar-refractivity contribution in [3.63, 3.8) is 0 Å². The zero-order valence-corrected chi connectivity index (χ0v) is 9.34. The van der Waals surface area contributed by atoms with Crippen LogP contribution >= 0.6 is 0 Å². The zero-order chi connectivity index (χ0) is 12.1. The highest BCUT2D eigenvalue weighted by Crippen LogP contribution is 1.98. The van der Waals surface area contributed by atoms with Crippen LogP contribution in [0.1, 0.15) is 21.7 Å². The molecule has 0 spiro atoms. The van der Waals surface area contributed by atoms with E-state index in [1.807, 2.05) is 19.1 Å². The maximum Gasteiger partial charge on any atom is 0.272 e. The quantitative estimate of drug-likeness (QED) is 0.617. The first-order valence-corrected chi connectivity index (χ1v) is 5.15. The van der Waals surface area contributed by atoms with Crippen LogP contribution in [-0.2, 0) is 0 Å². The second-order valence-corrected chi connectivity index (χ2v) is 3.51. The molecule has 5 nitrogen and oxygen atoms in total. The molecule has 2 rings (SSSR count). The van der Waals surface area contributed by atoms with Crippen LogP contribution in [0.2, 0.25) is 0 Å². The first-order valence-electron chi connectivity index (χ1n) is 5.15. The Labute approximate surface area is 98.6 Å². The van der Waals surface area contributed by atoms with Crippen molar-refractivity contribution < 1.29 is 4.79 Å². The number of H-pyrrole nitrogens is 1. The minimum atomic E-state index is -0.277. The maximum atomic E-state index is 11.6.